The first kappa shape index (κ1) is 10.9. The molecule has 0 radical (unpaired) electrons. The number of hydrogen-bond acceptors (Lipinski definition) is 3. The zero-order chi connectivity index (χ0) is 11.5. The van der Waals surface area contributed by atoms with Crippen molar-refractivity contribution in [1.29, 1.82) is 0 Å². The molecule has 1 unspecified atom stereocenters. The fraction of sp³-hybridized carbons (Fsp3) is 0.500. The Morgan fingerprint density at radius 3 is 2.94 bits per heavy atom. The first-order valence-electron chi connectivity index (χ1n) is 5.62. The Morgan fingerprint density at radius 2 is 2.38 bits per heavy atom. The molecule has 1 atom stereocenters. The maximum Gasteiger partial charge on any atom is 0.354 e. The molecule has 0 saturated heterocycles. The lowest BCUT2D eigenvalue weighted by Gasteiger charge is -2.32. The molecule has 16 heavy (non-hydrogen) atoms. The Balaban J connectivity index is 2.02. The normalized spacial score (nSPS) is 17.6. The summed E-state index contributed by atoms with van der Waals surface area (Å²) < 4.78 is 0. The highest BCUT2D eigenvalue weighted by Gasteiger charge is 2.23. The van der Waals surface area contributed by atoms with Crippen molar-refractivity contribution in [3.63, 3.8) is 0 Å². The van der Waals surface area contributed by atoms with E-state index in [0.717, 1.165) is 11.6 Å². The second-order valence-electron chi connectivity index (χ2n) is 4.36. The van der Waals surface area contributed by atoms with Gasteiger partial charge in [-0.2, -0.15) is 0 Å². The highest BCUT2D eigenvalue weighted by atomic mass is 16.4. The summed E-state index contributed by atoms with van der Waals surface area (Å²) in [6, 6.07) is 3.79. The monoisotopic (exact) mass is 220 g/mol. The molecule has 4 heteroatoms. The molecule has 1 aliphatic carbocycles. The first-order chi connectivity index (χ1) is 7.66. The predicted molar refractivity (Wildman–Crippen MR) is 61.6 cm³/mol. The molecule has 0 aliphatic heterocycles. The van der Waals surface area contributed by atoms with Crippen LogP contribution < -0.4 is 5.32 Å². The minimum absolute atomic E-state index is 0.0887. The molecule has 1 heterocycles. The van der Waals surface area contributed by atoms with E-state index in [1.165, 1.54) is 25.5 Å². The molecule has 1 saturated carbocycles. The molecule has 4 nitrogen and oxygen atoms in total. The van der Waals surface area contributed by atoms with Gasteiger partial charge >= 0.3 is 5.97 Å². The van der Waals surface area contributed by atoms with Gasteiger partial charge in [-0.05, 0) is 37.8 Å². The van der Waals surface area contributed by atoms with E-state index in [9.17, 15) is 4.79 Å². The molecule has 1 fully saturated rings. The summed E-state index contributed by atoms with van der Waals surface area (Å²) >= 11 is 0. The van der Waals surface area contributed by atoms with Gasteiger partial charge in [0.05, 0.1) is 0 Å². The van der Waals surface area contributed by atoms with Crippen LogP contribution in [0.4, 0.5) is 5.69 Å². The van der Waals surface area contributed by atoms with Crippen LogP contribution in [-0.2, 0) is 0 Å². The fourth-order valence-corrected chi connectivity index (χ4v) is 1.96. The molecule has 2 rings (SSSR count). The van der Waals surface area contributed by atoms with Crippen molar-refractivity contribution >= 4 is 11.7 Å². The summed E-state index contributed by atoms with van der Waals surface area (Å²) in [7, 11) is 0. The van der Waals surface area contributed by atoms with Gasteiger partial charge in [-0.15, -0.1) is 0 Å². The van der Waals surface area contributed by atoms with Crippen LogP contribution in [0.2, 0.25) is 0 Å². The van der Waals surface area contributed by atoms with Crippen molar-refractivity contribution in [3.8, 4) is 0 Å². The Morgan fingerprint density at radius 1 is 1.62 bits per heavy atom. The van der Waals surface area contributed by atoms with E-state index >= 15 is 0 Å². The van der Waals surface area contributed by atoms with Crippen LogP contribution in [0.1, 0.15) is 36.7 Å². The number of anilines is 1. The molecule has 1 aromatic heterocycles. The van der Waals surface area contributed by atoms with Crippen molar-refractivity contribution in [1.82, 2.24) is 4.98 Å². The van der Waals surface area contributed by atoms with Gasteiger partial charge in [0.15, 0.2) is 0 Å². The van der Waals surface area contributed by atoms with Gasteiger partial charge in [0.2, 0.25) is 0 Å². The number of carbonyl (C=O) groups is 1. The maximum absolute atomic E-state index is 10.7. The van der Waals surface area contributed by atoms with E-state index in [4.69, 9.17) is 5.11 Å². The zero-order valence-electron chi connectivity index (χ0n) is 9.31. The van der Waals surface area contributed by atoms with Crippen molar-refractivity contribution in [2.75, 3.05) is 5.32 Å². The highest BCUT2D eigenvalue weighted by molar-refractivity contribution is 5.86. The van der Waals surface area contributed by atoms with Crippen LogP contribution in [0.25, 0.3) is 0 Å². The van der Waals surface area contributed by atoms with Crippen molar-refractivity contribution in [3.05, 3.63) is 24.0 Å². The number of rotatable bonds is 4. The zero-order valence-corrected chi connectivity index (χ0v) is 9.31. The van der Waals surface area contributed by atoms with E-state index in [2.05, 4.69) is 17.2 Å². The molecule has 1 aliphatic rings. The SMILES string of the molecule is CC(Nc1ccnc(C(=O)O)c1)C1CCC1. The van der Waals surface area contributed by atoms with E-state index in [-0.39, 0.29) is 5.69 Å². The standard InChI is InChI=1S/C12H16N2O2/c1-8(9-3-2-4-9)14-10-5-6-13-11(7-10)12(15)16/h5-9H,2-4H2,1H3,(H,13,14)(H,15,16). The van der Waals surface area contributed by atoms with E-state index in [0.29, 0.717) is 6.04 Å². The number of carboxylic acid groups (broad SMARTS) is 1. The van der Waals surface area contributed by atoms with Crippen LogP contribution in [-0.4, -0.2) is 22.1 Å². The summed E-state index contributed by atoms with van der Waals surface area (Å²) in [5.41, 5.74) is 0.928. The van der Waals surface area contributed by atoms with Gasteiger partial charge in [0.1, 0.15) is 5.69 Å². The van der Waals surface area contributed by atoms with Crippen LogP contribution in [0.3, 0.4) is 0 Å². The first-order valence-corrected chi connectivity index (χ1v) is 5.62. The van der Waals surface area contributed by atoms with Gasteiger partial charge in [0, 0.05) is 17.9 Å². The minimum Gasteiger partial charge on any atom is -0.477 e. The lowest BCUT2D eigenvalue weighted by Crippen LogP contribution is -2.30. The molecule has 2 N–H and O–H groups in total. The molecule has 0 aromatic carbocycles. The second-order valence-corrected chi connectivity index (χ2v) is 4.36. The van der Waals surface area contributed by atoms with Gasteiger partial charge in [-0.25, -0.2) is 9.78 Å². The molecule has 0 bridgehead atoms. The molecule has 0 amide bonds. The Bertz CT molecular complexity index is 388. The number of carboxylic acids is 1. The van der Waals surface area contributed by atoms with E-state index in [1.54, 1.807) is 6.07 Å². The van der Waals surface area contributed by atoms with E-state index < -0.39 is 5.97 Å². The number of aromatic carboxylic acids is 1. The highest BCUT2D eigenvalue weighted by Crippen LogP contribution is 2.30. The lowest BCUT2D eigenvalue weighted by atomic mass is 9.80. The number of nitrogens with one attached hydrogen (secondary N) is 1. The van der Waals surface area contributed by atoms with Gasteiger partial charge in [-0.1, -0.05) is 6.42 Å². The fourth-order valence-electron chi connectivity index (χ4n) is 1.96. The third-order valence-corrected chi connectivity index (χ3v) is 3.23. The molecular formula is C12H16N2O2. The van der Waals surface area contributed by atoms with E-state index in [1.807, 2.05) is 6.07 Å². The van der Waals surface area contributed by atoms with Gasteiger partial charge in [-0.3, -0.25) is 0 Å². The van der Waals surface area contributed by atoms with Crippen LogP contribution >= 0.6 is 0 Å². The smallest absolute Gasteiger partial charge is 0.354 e. The van der Waals surface area contributed by atoms with Crippen LogP contribution in [0.15, 0.2) is 18.3 Å². The summed E-state index contributed by atoms with van der Waals surface area (Å²) in [5.74, 6) is -0.263. The summed E-state index contributed by atoms with van der Waals surface area (Å²) in [5, 5.41) is 12.2. The Hall–Kier alpha value is -1.58. The van der Waals surface area contributed by atoms with Crippen LogP contribution in [0, 0.1) is 5.92 Å². The third kappa shape index (κ3) is 2.32. The van der Waals surface area contributed by atoms with Crippen LogP contribution in [0.5, 0.6) is 0 Å². The molecular weight excluding hydrogens is 204 g/mol. The summed E-state index contributed by atoms with van der Waals surface area (Å²) in [6.07, 6.45) is 5.38. The molecule has 0 spiro atoms. The third-order valence-electron chi connectivity index (χ3n) is 3.23. The average Bonchev–Trinajstić information content (AvgIpc) is 2.15. The Labute approximate surface area is 94.7 Å². The second kappa shape index (κ2) is 4.51. The molecule has 86 valence electrons. The summed E-state index contributed by atoms with van der Waals surface area (Å²) in [6.45, 7) is 2.14. The number of nitrogens with zero attached hydrogens (tertiary/aromatic N) is 1. The summed E-state index contributed by atoms with van der Waals surface area (Å²) in [4.78, 5) is 14.5. The molecule has 1 aromatic rings. The number of aromatic nitrogens is 1. The van der Waals surface area contributed by atoms with Gasteiger partial charge in [0.25, 0.3) is 0 Å². The Kier molecular flexibility index (Phi) is 3.08. The van der Waals surface area contributed by atoms with Gasteiger partial charge < -0.3 is 10.4 Å². The van der Waals surface area contributed by atoms with Crippen molar-refractivity contribution in [2.45, 2.75) is 32.2 Å². The quantitative estimate of drug-likeness (QED) is 0.817. The number of hydrogen-bond donors (Lipinski definition) is 2. The van der Waals surface area contributed by atoms with Crippen molar-refractivity contribution < 1.29 is 9.90 Å². The largest absolute Gasteiger partial charge is 0.477 e. The maximum atomic E-state index is 10.7. The lowest BCUT2D eigenvalue weighted by molar-refractivity contribution is 0.0690. The topological polar surface area (TPSA) is 62.2 Å². The average molecular weight is 220 g/mol. The van der Waals surface area contributed by atoms with Crippen molar-refractivity contribution in [2.24, 2.45) is 5.92 Å². The predicted octanol–water partition coefficient (Wildman–Crippen LogP) is 2.38. The number of pyridine rings is 1. The minimum atomic E-state index is -0.986.